The van der Waals surface area contributed by atoms with Gasteiger partial charge in [-0.3, -0.25) is 9.59 Å². The molecule has 10 heteroatoms. The third kappa shape index (κ3) is 8.44. The van der Waals surface area contributed by atoms with Gasteiger partial charge >= 0.3 is 0 Å². The topological polar surface area (TPSA) is 135 Å². The lowest BCUT2D eigenvalue weighted by Crippen LogP contribution is -2.65. The quantitative estimate of drug-likeness (QED) is 0.158. The minimum Gasteiger partial charge on any atom is -0.335 e. The number of fused-ring (bicyclic) bond motifs is 2. The fourth-order valence-electron chi connectivity index (χ4n) is 7.15. The van der Waals surface area contributed by atoms with E-state index in [1.165, 1.54) is 0 Å². The summed E-state index contributed by atoms with van der Waals surface area (Å²) in [6, 6.07) is 27.2. The van der Waals surface area contributed by atoms with Crippen molar-refractivity contribution in [3.05, 3.63) is 109 Å². The number of hydrogen-bond acceptors (Lipinski definition) is 7. The minimum atomic E-state index is -0.698. The number of nitrogens with one attached hydrogen (secondary N) is 1. The zero-order chi connectivity index (χ0) is 34.3. The Kier molecular flexibility index (Phi) is 10.9. The molecule has 6 rings (SSSR count). The van der Waals surface area contributed by atoms with Crippen LogP contribution in [0.1, 0.15) is 44.2 Å². The molecule has 256 valence electrons. The molecule has 0 unspecified atom stereocenters. The largest absolute Gasteiger partial charge is 0.335 e. The first-order chi connectivity index (χ1) is 23.7. The Balaban J connectivity index is 1.20. The highest BCUT2D eigenvalue weighted by atomic mass is 16.2. The average Bonchev–Trinajstić information content (AvgIpc) is 3.63. The summed E-state index contributed by atoms with van der Waals surface area (Å²) in [7, 11) is 0. The van der Waals surface area contributed by atoms with Crippen LogP contribution in [0.15, 0.2) is 97.6 Å². The lowest BCUT2D eigenvalue weighted by Gasteiger charge is -2.48. The first kappa shape index (κ1) is 34.1. The van der Waals surface area contributed by atoms with Gasteiger partial charge in [-0.25, -0.2) is 4.68 Å². The number of amides is 2. The summed E-state index contributed by atoms with van der Waals surface area (Å²) in [4.78, 5) is 32.3. The second kappa shape index (κ2) is 15.6. The number of nitrogens with zero attached hydrogens (tertiary/aromatic N) is 5. The Labute approximate surface area is 288 Å². The van der Waals surface area contributed by atoms with Gasteiger partial charge in [0.25, 0.3) is 0 Å². The molecule has 10 nitrogen and oxygen atoms in total. The van der Waals surface area contributed by atoms with E-state index < -0.39 is 12.1 Å². The zero-order valence-electron chi connectivity index (χ0n) is 28.5. The Hall–Kier alpha value is -4.80. The van der Waals surface area contributed by atoms with E-state index in [-0.39, 0.29) is 23.9 Å². The van der Waals surface area contributed by atoms with Crippen LogP contribution in [0.5, 0.6) is 0 Å². The summed E-state index contributed by atoms with van der Waals surface area (Å²) in [6.07, 6.45) is 6.33. The van der Waals surface area contributed by atoms with E-state index in [2.05, 4.69) is 90.1 Å². The van der Waals surface area contributed by atoms with Gasteiger partial charge in [0.05, 0.1) is 12.1 Å². The number of carbonyl (C=O) groups is 2. The second-order valence-electron chi connectivity index (χ2n) is 13.8. The molecule has 0 aliphatic carbocycles. The highest BCUT2D eigenvalue weighted by Crippen LogP contribution is 2.26. The van der Waals surface area contributed by atoms with E-state index in [1.54, 1.807) is 17.3 Å². The fraction of sp³-hybridized carbons (Fsp3) is 0.385. The molecule has 1 aliphatic rings. The SMILES string of the molecule is CC(C)C[C@@H]1CN(C(=O)[C@H](N)Cc2ccc3ccccc3c2)[C@@H](CCCNn2cnnc2)CN1C(=O)[C@H](N)Cc1ccc2ccccc2c1. The summed E-state index contributed by atoms with van der Waals surface area (Å²) in [6.45, 7) is 5.81. The number of nitrogens with two attached hydrogens (primary N) is 2. The Bertz CT molecular complexity index is 1860. The van der Waals surface area contributed by atoms with Crippen molar-refractivity contribution >= 4 is 33.4 Å². The van der Waals surface area contributed by atoms with Crippen molar-refractivity contribution in [3.8, 4) is 0 Å². The van der Waals surface area contributed by atoms with Crippen LogP contribution >= 0.6 is 0 Å². The predicted octanol–water partition coefficient (Wildman–Crippen LogP) is 4.50. The Morgan fingerprint density at radius 2 is 1.22 bits per heavy atom. The van der Waals surface area contributed by atoms with Gasteiger partial charge in [0.15, 0.2) is 0 Å². The van der Waals surface area contributed by atoms with Crippen molar-refractivity contribution in [2.45, 2.75) is 70.1 Å². The van der Waals surface area contributed by atoms with Crippen molar-refractivity contribution in [3.63, 3.8) is 0 Å². The van der Waals surface area contributed by atoms with Crippen molar-refractivity contribution in [2.24, 2.45) is 17.4 Å². The number of piperazine rings is 1. The summed E-state index contributed by atoms with van der Waals surface area (Å²) >= 11 is 0. The molecule has 4 atom stereocenters. The Morgan fingerprint density at radius 1 is 0.735 bits per heavy atom. The van der Waals surface area contributed by atoms with E-state index in [0.717, 1.165) is 45.5 Å². The van der Waals surface area contributed by atoms with Crippen molar-refractivity contribution in [2.75, 3.05) is 25.1 Å². The maximum absolute atomic E-state index is 14.2. The molecule has 0 bridgehead atoms. The van der Waals surface area contributed by atoms with Crippen LogP contribution in [-0.4, -0.2) is 80.3 Å². The minimum absolute atomic E-state index is 0.0704. The van der Waals surface area contributed by atoms with Crippen LogP contribution in [0, 0.1) is 5.92 Å². The van der Waals surface area contributed by atoms with Crippen LogP contribution in [0.4, 0.5) is 0 Å². The molecule has 0 saturated carbocycles. The van der Waals surface area contributed by atoms with Crippen LogP contribution in [0.25, 0.3) is 21.5 Å². The maximum Gasteiger partial charge on any atom is 0.240 e. The molecule has 2 heterocycles. The van der Waals surface area contributed by atoms with E-state index in [0.29, 0.717) is 44.8 Å². The van der Waals surface area contributed by atoms with Crippen LogP contribution in [-0.2, 0) is 22.4 Å². The molecular formula is C39H48N8O2. The van der Waals surface area contributed by atoms with E-state index in [1.807, 2.05) is 34.1 Å². The number of hydrogen-bond donors (Lipinski definition) is 3. The standard InChI is InChI=1S/C39H48N8O2/c1-27(2)18-35-24-46(38(48)36(40)21-28-13-15-30-8-3-5-10-32(30)19-28)34(12-7-17-44-45-25-42-43-26-45)23-47(35)39(49)37(41)22-29-14-16-31-9-4-6-11-33(31)20-29/h3-6,8-11,13-16,19-20,25-27,34-37,44H,7,12,17-18,21-24,40-41H2,1-2H3/t34-,35+,36+,37+/m0/s1. The third-order valence-electron chi connectivity index (χ3n) is 9.61. The first-order valence-corrected chi connectivity index (χ1v) is 17.4. The van der Waals surface area contributed by atoms with E-state index >= 15 is 0 Å². The summed E-state index contributed by atoms with van der Waals surface area (Å²) in [5, 5.41) is 12.3. The predicted molar refractivity (Wildman–Crippen MR) is 195 cm³/mol. The highest BCUT2D eigenvalue weighted by Gasteiger charge is 2.40. The molecule has 1 aliphatic heterocycles. The smallest absolute Gasteiger partial charge is 0.240 e. The average molecular weight is 661 g/mol. The van der Waals surface area contributed by atoms with Gasteiger partial charge in [-0.2, -0.15) is 0 Å². The monoisotopic (exact) mass is 660 g/mol. The number of carbonyl (C=O) groups excluding carboxylic acids is 2. The molecule has 0 radical (unpaired) electrons. The third-order valence-corrected chi connectivity index (χ3v) is 9.61. The lowest BCUT2D eigenvalue weighted by molar-refractivity contribution is -0.149. The van der Waals surface area contributed by atoms with Crippen LogP contribution in [0.2, 0.25) is 0 Å². The molecule has 5 aromatic rings. The van der Waals surface area contributed by atoms with Gasteiger partial charge in [0.2, 0.25) is 11.8 Å². The Morgan fingerprint density at radius 3 is 1.76 bits per heavy atom. The first-order valence-electron chi connectivity index (χ1n) is 17.4. The number of benzene rings is 4. The van der Waals surface area contributed by atoms with Gasteiger partial charge in [0.1, 0.15) is 12.7 Å². The van der Waals surface area contributed by atoms with Crippen molar-refractivity contribution in [1.29, 1.82) is 0 Å². The lowest BCUT2D eigenvalue weighted by atomic mass is 9.93. The summed E-state index contributed by atoms with van der Waals surface area (Å²) in [5.74, 6) is 0.176. The van der Waals surface area contributed by atoms with Gasteiger partial charge < -0.3 is 26.7 Å². The van der Waals surface area contributed by atoms with Crippen LogP contribution < -0.4 is 16.9 Å². The molecule has 1 saturated heterocycles. The second-order valence-corrected chi connectivity index (χ2v) is 13.8. The normalized spacial score (nSPS) is 17.8. The van der Waals surface area contributed by atoms with Gasteiger partial charge in [0, 0.05) is 31.7 Å². The molecule has 49 heavy (non-hydrogen) atoms. The molecule has 2 amide bonds. The van der Waals surface area contributed by atoms with Crippen molar-refractivity contribution in [1.82, 2.24) is 24.7 Å². The maximum atomic E-state index is 14.2. The number of rotatable bonds is 13. The number of aromatic nitrogens is 3. The molecule has 1 fully saturated rings. The van der Waals surface area contributed by atoms with E-state index in [9.17, 15) is 9.59 Å². The molecule has 0 spiro atoms. The van der Waals surface area contributed by atoms with Gasteiger partial charge in [-0.05, 0) is 70.7 Å². The molecule has 1 aromatic heterocycles. The highest BCUT2D eigenvalue weighted by molar-refractivity contribution is 5.87. The molecule has 5 N–H and O–H groups in total. The van der Waals surface area contributed by atoms with E-state index in [4.69, 9.17) is 11.5 Å². The fourth-order valence-corrected chi connectivity index (χ4v) is 7.15. The summed E-state index contributed by atoms with van der Waals surface area (Å²) in [5.41, 5.74) is 18.7. The van der Waals surface area contributed by atoms with Crippen LogP contribution in [0.3, 0.4) is 0 Å². The molecular weight excluding hydrogens is 612 g/mol. The zero-order valence-corrected chi connectivity index (χ0v) is 28.5. The van der Waals surface area contributed by atoms with Gasteiger partial charge in [-0.1, -0.05) is 98.8 Å². The van der Waals surface area contributed by atoms with Gasteiger partial charge in [-0.15, -0.1) is 10.2 Å². The van der Waals surface area contributed by atoms with Crippen molar-refractivity contribution < 1.29 is 9.59 Å². The molecule has 4 aromatic carbocycles. The summed E-state index contributed by atoms with van der Waals surface area (Å²) < 4.78 is 1.71.